The summed E-state index contributed by atoms with van der Waals surface area (Å²) in [6.45, 7) is 0.351. The Bertz CT molecular complexity index is 695. The molecule has 0 bridgehead atoms. The van der Waals surface area contributed by atoms with Crippen molar-refractivity contribution in [2.45, 2.75) is 24.8 Å². The number of methoxy groups -OCH3 is 1. The number of ether oxygens (including phenoxy) is 2. The molecule has 1 unspecified atom stereocenters. The summed E-state index contributed by atoms with van der Waals surface area (Å²) in [4.78, 5) is 15.1. The lowest BCUT2D eigenvalue weighted by Crippen LogP contribution is -2.24. The Hall–Kier alpha value is -2.42. The average molecular weight is 290 g/mol. The number of azide groups is 1. The van der Waals surface area contributed by atoms with Crippen molar-refractivity contribution in [1.82, 2.24) is 19.5 Å². The van der Waals surface area contributed by atoms with Crippen LogP contribution in [0.3, 0.4) is 0 Å². The van der Waals surface area contributed by atoms with Crippen LogP contribution in [0.25, 0.3) is 21.6 Å². The van der Waals surface area contributed by atoms with Crippen LogP contribution in [0, 0.1) is 0 Å². The van der Waals surface area contributed by atoms with E-state index in [1.807, 2.05) is 0 Å². The average Bonchev–Trinajstić information content (AvgIpc) is 3.05. The second-order valence-corrected chi connectivity index (χ2v) is 4.68. The number of anilines is 1. The molecule has 1 saturated heterocycles. The van der Waals surface area contributed by atoms with E-state index >= 15 is 0 Å². The minimum atomic E-state index is -0.333. The first-order valence-corrected chi connectivity index (χ1v) is 6.36. The molecule has 3 atom stereocenters. The molecule has 3 rings (SSSR count). The van der Waals surface area contributed by atoms with Crippen LogP contribution in [0.15, 0.2) is 17.8 Å². The van der Waals surface area contributed by atoms with Crippen LogP contribution in [-0.4, -0.2) is 45.4 Å². The zero-order valence-electron chi connectivity index (χ0n) is 11.3. The zero-order chi connectivity index (χ0) is 14.8. The van der Waals surface area contributed by atoms with Gasteiger partial charge in [0.25, 0.3) is 0 Å². The van der Waals surface area contributed by atoms with Crippen molar-refractivity contribution in [3.63, 3.8) is 0 Å². The molecule has 3 heterocycles. The van der Waals surface area contributed by atoms with Gasteiger partial charge in [0.1, 0.15) is 18.1 Å². The van der Waals surface area contributed by atoms with Crippen LogP contribution in [-0.2, 0) is 9.47 Å². The molecular formula is C11H14N8O2. The van der Waals surface area contributed by atoms with E-state index in [2.05, 4.69) is 25.0 Å². The summed E-state index contributed by atoms with van der Waals surface area (Å²) in [7, 11) is 1.57. The molecule has 0 spiro atoms. The molecule has 10 nitrogen and oxygen atoms in total. The van der Waals surface area contributed by atoms with Gasteiger partial charge in [-0.25, -0.2) is 15.0 Å². The number of imidazole rings is 1. The number of nitrogen functional groups attached to an aromatic ring is 1. The standard InChI is InChI=1S/C11H14N8O2/c1-20-3-7-6(17-18-13)2-8(21-7)19-5-16-9-10(12)14-4-15-11(9)19/h4-8H,2-3H2,1H3,(H2,12,14,15)/t6?,7-,8-/m1/s1. The van der Waals surface area contributed by atoms with Gasteiger partial charge in [-0.3, -0.25) is 4.57 Å². The lowest BCUT2D eigenvalue weighted by atomic mass is 10.1. The maximum Gasteiger partial charge on any atom is 0.167 e. The van der Waals surface area contributed by atoms with E-state index in [0.29, 0.717) is 30.0 Å². The number of hydrogen-bond donors (Lipinski definition) is 1. The molecule has 0 saturated carbocycles. The van der Waals surface area contributed by atoms with Crippen molar-refractivity contribution in [3.05, 3.63) is 23.1 Å². The third-order valence-corrected chi connectivity index (χ3v) is 3.43. The molecule has 0 aliphatic carbocycles. The van der Waals surface area contributed by atoms with Crippen molar-refractivity contribution < 1.29 is 9.47 Å². The van der Waals surface area contributed by atoms with E-state index in [9.17, 15) is 0 Å². The summed E-state index contributed by atoms with van der Waals surface area (Å²) in [6, 6.07) is -0.295. The van der Waals surface area contributed by atoms with E-state index in [0.717, 1.165) is 0 Å². The predicted octanol–water partition coefficient (Wildman–Crippen LogP) is 1.02. The Labute approximate surface area is 119 Å². The van der Waals surface area contributed by atoms with E-state index in [4.69, 9.17) is 20.7 Å². The molecule has 110 valence electrons. The molecule has 10 heteroatoms. The van der Waals surface area contributed by atoms with Crippen LogP contribution in [0.2, 0.25) is 0 Å². The predicted molar refractivity (Wildman–Crippen MR) is 73.1 cm³/mol. The molecule has 0 radical (unpaired) electrons. The molecular weight excluding hydrogens is 276 g/mol. The van der Waals surface area contributed by atoms with Crippen LogP contribution in [0.5, 0.6) is 0 Å². The minimum absolute atomic E-state index is 0.295. The van der Waals surface area contributed by atoms with Gasteiger partial charge < -0.3 is 15.2 Å². The van der Waals surface area contributed by atoms with Crippen molar-refractivity contribution in [1.29, 1.82) is 0 Å². The van der Waals surface area contributed by atoms with Gasteiger partial charge in [-0.2, -0.15) is 0 Å². The molecule has 2 aromatic heterocycles. The van der Waals surface area contributed by atoms with Gasteiger partial charge in [0.2, 0.25) is 0 Å². The molecule has 0 amide bonds. The van der Waals surface area contributed by atoms with E-state index in [1.165, 1.54) is 6.33 Å². The largest absolute Gasteiger partial charge is 0.382 e. The Morgan fingerprint density at radius 1 is 1.57 bits per heavy atom. The van der Waals surface area contributed by atoms with Crippen LogP contribution < -0.4 is 5.73 Å². The Balaban J connectivity index is 1.93. The third kappa shape index (κ3) is 2.35. The highest BCUT2D eigenvalue weighted by Crippen LogP contribution is 2.33. The van der Waals surface area contributed by atoms with E-state index < -0.39 is 0 Å². The van der Waals surface area contributed by atoms with Gasteiger partial charge in [-0.15, -0.1) is 0 Å². The van der Waals surface area contributed by atoms with Gasteiger partial charge in [-0.1, -0.05) is 5.11 Å². The maximum atomic E-state index is 8.64. The molecule has 1 aliphatic heterocycles. The summed E-state index contributed by atoms with van der Waals surface area (Å²) in [5.41, 5.74) is 15.5. The van der Waals surface area contributed by atoms with E-state index in [1.54, 1.807) is 18.0 Å². The number of nitrogens with zero attached hydrogens (tertiary/aromatic N) is 7. The normalized spacial score (nSPS) is 25.1. The number of nitrogens with two attached hydrogens (primary N) is 1. The summed E-state index contributed by atoms with van der Waals surface area (Å²) in [5.74, 6) is 0.316. The molecule has 0 aromatic carbocycles. The third-order valence-electron chi connectivity index (χ3n) is 3.43. The van der Waals surface area contributed by atoms with Crippen LogP contribution in [0.1, 0.15) is 12.6 Å². The van der Waals surface area contributed by atoms with E-state index in [-0.39, 0.29) is 18.4 Å². The first-order valence-electron chi connectivity index (χ1n) is 6.36. The van der Waals surface area contributed by atoms with Crippen molar-refractivity contribution in [3.8, 4) is 0 Å². The first kappa shape index (κ1) is 13.6. The second kappa shape index (κ2) is 5.52. The highest BCUT2D eigenvalue weighted by atomic mass is 16.5. The maximum absolute atomic E-state index is 8.64. The van der Waals surface area contributed by atoms with Gasteiger partial charge in [-0.05, 0) is 5.53 Å². The lowest BCUT2D eigenvalue weighted by Gasteiger charge is -2.15. The fourth-order valence-corrected chi connectivity index (χ4v) is 2.47. The summed E-state index contributed by atoms with van der Waals surface area (Å²) >= 11 is 0. The monoisotopic (exact) mass is 290 g/mol. The smallest absolute Gasteiger partial charge is 0.167 e. The lowest BCUT2D eigenvalue weighted by molar-refractivity contribution is -0.0327. The molecule has 2 N–H and O–H groups in total. The van der Waals surface area contributed by atoms with Crippen LogP contribution in [0.4, 0.5) is 5.82 Å². The first-order chi connectivity index (χ1) is 10.2. The van der Waals surface area contributed by atoms with Gasteiger partial charge in [0.15, 0.2) is 11.5 Å². The fraction of sp³-hybridized carbons (Fsp3) is 0.545. The Morgan fingerprint density at radius 2 is 2.43 bits per heavy atom. The number of aromatic nitrogens is 4. The Morgan fingerprint density at radius 3 is 3.19 bits per heavy atom. The van der Waals surface area contributed by atoms with Crippen molar-refractivity contribution in [2.24, 2.45) is 5.11 Å². The highest BCUT2D eigenvalue weighted by molar-refractivity contribution is 5.81. The van der Waals surface area contributed by atoms with Gasteiger partial charge in [0, 0.05) is 18.4 Å². The Kier molecular flexibility index (Phi) is 3.57. The summed E-state index contributed by atoms with van der Waals surface area (Å²) in [6.07, 6.45) is 2.87. The topological polar surface area (TPSA) is 137 Å². The zero-order valence-corrected chi connectivity index (χ0v) is 11.3. The quantitative estimate of drug-likeness (QED) is 0.507. The minimum Gasteiger partial charge on any atom is -0.382 e. The van der Waals surface area contributed by atoms with Gasteiger partial charge >= 0.3 is 0 Å². The number of rotatable bonds is 4. The van der Waals surface area contributed by atoms with Crippen LogP contribution >= 0.6 is 0 Å². The molecule has 1 fully saturated rings. The molecule has 21 heavy (non-hydrogen) atoms. The fourth-order valence-electron chi connectivity index (χ4n) is 2.47. The van der Waals surface area contributed by atoms with Crippen molar-refractivity contribution >= 4 is 17.0 Å². The number of fused-ring (bicyclic) bond motifs is 1. The summed E-state index contributed by atoms with van der Waals surface area (Å²) in [5, 5.41) is 3.77. The highest BCUT2D eigenvalue weighted by Gasteiger charge is 2.36. The van der Waals surface area contributed by atoms with Crippen molar-refractivity contribution in [2.75, 3.05) is 19.5 Å². The number of hydrogen-bond acceptors (Lipinski definition) is 7. The van der Waals surface area contributed by atoms with Gasteiger partial charge in [0.05, 0.1) is 25.1 Å². The molecule has 2 aromatic rings. The second-order valence-electron chi connectivity index (χ2n) is 4.68. The summed E-state index contributed by atoms with van der Waals surface area (Å²) < 4.78 is 12.8. The SMILES string of the molecule is COC[C@H]1O[C@@H](n2cnc3c(N)ncnc32)CC1N=[N+]=[N-]. The molecule has 1 aliphatic rings.